The Labute approximate surface area is 92.0 Å². The molecule has 2 aromatic rings. The van der Waals surface area contributed by atoms with Gasteiger partial charge in [-0.2, -0.15) is 4.98 Å². The van der Waals surface area contributed by atoms with Crippen LogP contribution in [0, 0.1) is 19.7 Å². The molecule has 4 nitrogen and oxygen atoms in total. The Hall–Kier alpha value is -1.91. The fraction of sp³-hybridized carbons (Fsp3) is 0.273. The quantitative estimate of drug-likeness (QED) is 0.800. The molecule has 5 heteroatoms. The van der Waals surface area contributed by atoms with Crippen molar-refractivity contribution in [1.29, 1.82) is 0 Å². The highest BCUT2D eigenvalue weighted by Gasteiger charge is 2.08. The number of hydrogen-bond acceptors (Lipinski definition) is 4. The van der Waals surface area contributed by atoms with E-state index in [1.165, 1.54) is 0 Å². The zero-order valence-electron chi connectivity index (χ0n) is 9.03. The molecule has 0 aliphatic rings. The molecule has 84 valence electrons. The van der Waals surface area contributed by atoms with Gasteiger partial charge in [-0.25, -0.2) is 4.39 Å². The van der Waals surface area contributed by atoms with E-state index >= 15 is 0 Å². The highest BCUT2D eigenvalue weighted by atomic mass is 19.1. The summed E-state index contributed by atoms with van der Waals surface area (Å²) in [4.78, 5) is 3.95. The van der Waals surface area contributed by atoms with Crippen molar-refractivity contribution in [2.75, 3.05) is 0 Å². The van der Waals surface area contributed by atoms with E-state index < -0.39 is 0 Å². The number of ether oxygens (including phenoxy) is 1. The van der Waals surface area contributed by atoms with Crippen molar-refractivity contribution < 1.29 is 13.7 Å². The number of halogens is 1. The molecular formula is C11H11FN2O2. The Morgan fingerprint density at radius 2 is 2.19 bits per heavy atom. The fourth-order valence-corrected chi connectivity index (χ4v) is 1.27. The average Bonchev–Trinajstić information content (AvgIpc) is 2.67. The Balaban J connectivity index is 2.07. The lowest BCUT2D eigenvalue weighted by molar-refractivity contribution is 0.234. The number of hydrogen-bond donors (Lipinski definition) is 0. The van der Waals surface area contributed by atoms with Gasteiger partial charge in [-0.3, -0.25) is 0 Å². The largest absolute Gasteiger partial charge is 0.481 e. The third-order valence-electron chi connectivity index (χ3n) is 2.08. The molecule has 0 saturated carbocycles. The molecule has 0 radical (unpaired) electrons. The minimum atomic E-state index is -0.362. The lowest BCUT2D eigenvalue weighted by Gasteiger charge is -2.05. The van der Waals surface area contributed by atoms with E-state index in [2.05, 4.69) is 10.1 Å². The molecule has 0 spiro atoms. The summed E-state index contributed by atoms with van der Waals surface area (Å²) in [6.45, 7) is 3.46. The molecule has 1 heterocycles. The molecule has 0 atom stereocenters. The third kappa shape index (κ3) is 2.18. The second-order valence-corrected chi connectivity index (χ2v) is 3.41. The number of nitrogens with zero attached hydrogens (tertiary/aromatic N) is 2. The maximum Gasteiger partial charge on any atom is 0.264 e. The van der Waals surface area contributed by atoms with Crippen LogP contribution in [0.4, 0.5) is 4.39 Å². The molecule has 0 fully saturated rings. The predicted octanol–water partition coefficient (Wildman–Crippen LogP) is 2.40. The van der Waals surface area contributed by atoms with E-state index in [9.17, 15) is 4.39 Å². The molecule has 1 aromatic heterocycles. The normalized spacial score (nSPS) is 10.4. The van der Waals surface area contributed by atoms with Gasteiger partial charge in [0.15, 0.2) is 24.0 Å². The minimum Gasteiger partial charge on any atom is -0.481 e. The van der Waals surface area contributed by atoms with Crippen molar-refractivity contribution in [3.05, 3.63) is 41.3 Å². The van der Waals surface area contributed by atoms with Gasteiger partial charge < -0.3 is 9.26 Å². The minimum absolute atomic E-state index is 0.0706. The smallest absolute Gasteiger partial charge is 0.264 e. The van der Waals surface area contributed by atoms with E-state index in [0.717, 1.165) is 0 Å². The van der Waals surface area contributed by atoms with E-state index in [1.54, 1.807) is 32.0 Å². The Morgan fingerprint density at radius 3 is 2.88 bits per heavy atom. The molecule has 16 heavy (non-hydrogen) atoms. The molecule has 0 N–H and O–H groups in total. The molecule has 0 aliphatic carbocycles. The Bertz CT molecular complexity index is 496. The number of rotatable bonds is 3. The van der Waals surface area contributed by atoms with Crippen LogP contribution in [0.1, 0.15) is 17.3 Å². The van der Waals surface area contributed by atoms with Crippen molar-refractivity contribution in [3.63, 3.8) is 0 Å². The summed E-state index contributed by atoms with van der Waals surface area (Å²) in [5.41, 5.74) is 0.541. The maximum atomic E-state index is 13.5. The van der Waals surface area contributed by atoms with E-state index in [-0.39, 0.29) is 18.2 Å². The Morgan fingerprint density at radius 1 is 1.38 bits per heavy atom. The van der Waals surface area contributed by atoms with Gasteiger partial charge in [-0.15, -0.1) is 0 Å². The predicted molar refractivity (Wildman–Crippen MR) is 54.5 cm³/mol. The van der Waals surface area contributed by atoms with Crippen LogP contribution in [-0.2, 0) is 6.61 Å². The van der Waals surface area contributed by atoms with E-state index in [0.29, 0.717) is 17.3 Å². The van der Waals surface area contributed by atoms with Gasteiger partial charge in [0, 0.05) is 0 Å². The second-order valence-electron chi connectivity index (χ2n) is 3.41. The van der Waals surface area contributed by atoms with Crippen molar-refractivity contribution >= 4 is 0 Å². The van der Waals surface area contributed by atoms with Gasteiger partial charge in [0.25, 0.3) is 5.89 Å². The van der Waals surface area contributed by atoms with Crippen LogP contribution < -0.4 is 4.74 Å². The lowest BCUT2D eigenvalue weighted by Crippen LogP contribution is -1.98. The second kappa shape index (κ2) is 4.30. The van der Waals surface area contributed by atoms with Crippen molar-refractivity contribution in [2.24, 2.45) is 0 Å². The molecule has 0 aliphatic heterocycles. The van der Waals surface area contributed by atoms with Crippen molar-refractivity contribution in [2.45, 2.75) is 20.5 Å². The number of aryl methyl sites for hydroxylation is 2. The van der Waals surface area contributed by atoms with Gasteiger partial charge in [-0.05, 0) is 25.5 Å². The maximum absolute atomic E-state index is 13.5. The van der Waals surface area contributed by atoms with Gasteiger partial charge in [0.1, 0.15) is 0 Å². The van der Waals surface area contributed by atoms with Crippen LogP contribution in [0.5, 0.6) is 5.75 Å². The summed E-state index contributed by atoms with van der Waals surface area (Å²) < 4.78 is 23.6. The molecule has 0 unspecified atom stereocenters. The summed E-state index contributed by atoms with van der Waals surface area (Å²) in [5.74, 6) is 0.691. The average molecular weight is 222 g/mol. The number of benzene rings is 1. The number of aromatic nitrogens is 2. The van der Waals surface area contributed by atoms with Crippen LogP contribution in [0.3, 0.4) is 0 Å². The molecule has 1 aromatic carbocycles. The van der Waals surface area contributed by atoms with E-state index in [1.807, 2.05) is 0 Å². The monoisotopic (exact) mass is 222 g/mol. The summed E-state index contributed by atoms with van der Waals surface area (Å²) >= 11 is 0. The zero-order chi connectivity index (χ0) is 11.5. The van der Waals surface area contributed by atoms with Gasteiger partial charge in [-0.1, -0.05) is 17.3 Å². The first-order chi connectivity index (χ1) is 7.66. The first-order valence-corrected chi connectivity index (χ1v) is 4.84. The molecule has 0 amide bonds. The topological polar surface area (TPSA) is 48.2 Å². The van der Waals surface area contributed by atoms with Crippen LogP contribution in [0.15, 0.2) is 22.7 Å². The molecule has 2 rings (SSSR count). The SMILES string of the molecule is Cc1noc(COc2cccc(C)c2F)n1. The fourth-order valence-electron chi connectivity index (χ4n) is 1.27. The summed E-state index contributed by atoms with van der Waals surface area (Å²) in [7, 11) is 0. The van der Waals surface area contributed by atoms with Crippen LogP contribution in [0.25, 0.3) is 0 Å². The zero-order valence-corrected chi connectivity index (χ0v) is 9.03. The van der Waals surface area contributed by atoms with Gasteiger partial charge in [0.05, 0.1) is 0 Å². The van der Waals surface area contributed by atoms with Crippen LogP contribution in [0.2, 0.25) is 0 Å². The molecular weight excluding hydrogens is 211 g/mol. The highest BCUT2D eigenvalue weighted by molar-refractivity contribution is 5.30. The Kier molecular flexibility index (Phi) is 2.85. The summed E-state index contributed by atoms with van der Waals surface area (Å²) in [6, 6.07) is 4.97. The van der Waals surface area contributed by atoms with Crippen molar-refractivity contribution in [3.8, 4) is 5.75 Å². The van der Waals surface area contributed by atoms with Crippen LogP contribution in [-0.4, -0.2) is 10.1 Å². The first-order valence-electron chi connectivity index (χ1n) is 4.84. The van der Waals surface area contributed by atoms with Crippen molar-refractivity contribution in [1.82, 2.24) is 10.1 Å². The highest BCUT2D eigenvalue weighted by Crippen LogP contribution is 2.20. The molecule has 0 bridgehead atoms. The standard InChI is InChI=1S/C11H11FN2O2/c1-7-4-3-5-9(11(7)12)15-6-10-13-8(2)14-16-10/h3-5H,6H2,1-2H3. The summed E-state index contributed by atoms with van der Waals surface area (Å²) in [6.07, 6.45) is 0. The third-order valence-corrected chi connectivity index (χ3v) is 2.08. The summed E-state index contributed by atoms with van der Waals surface area (Å²) in [5, 5.41) is 3.61. The van der Waals surface area contributed by atoms with Crippen LogP contribution >= 0.6 is 0 Å². The van der Waals surface area contributed by atoms with Gasteiger partial charge in [0.2, 0.25) is 0 Å². The lowest BCUT2D eigenvalue weighted by atomic mass is 10.2. The molecule has 0 saturated heterocycles. The first kappa shape index (κ1) is 10.6. The van der Waals surface area contributed by atoms with Gasteiger partial charge >= 0.3 is 0 Å². The van der Waals surface area contributed by atoms with E-state index in [4.69, 9.17) is 9.26 Å².